The molecule has 4 fully saturated rings. The van der Waals surface area contributed by atoms with E-state index in [-0.39, 0.29) is 18.6 Å². The van der Waals surface area contributed by atoms with E-state index in [1.165, 1.54) is 13.8 Å². The molecule has 8 nitrogen and oxygen atoms in total. The molecule has 0 unspecified atom stereocenters. The molecule has 186 valence electrons. The molecule has 0 aromatic carbocycles. The quantitative estimate of drug-likeness (QED) is 0.348. The number of aliphatic hydroxyl groups excluding tert-OH is 1. The third-order valence-corrected chi connectivity index (χ3v) is 10.3. The lowest BCUT2D eigenvalue weighted by Gasteiger charge is -2.71. The highest BCUT2D eigenvalue weighted by Gasteiger charge is 2.85. The largest absolute Gasteiger partial charge is 0.468 e. The number of fused-ring (bicyclic) bond motifs is 5. The number of hydrogen-bond acceptors (Lipinski definition) is 8. The number of aliphatic hydroxyl groups is 1. The number of Topliss-reactive ketones (excluding diaryl/α,β-unsaturated/α-hetero) is 3. The molecule has 1 N–H and O–H groups in total. The van der Waals surface area contributed by atoms with Gasteiger partial charge >= 0.3 is 11.9 Å². The first-order chi connectivity index (χ1) is 15.5. The molecule has 0 bridgehead atoms. The minimum absolute atomic E-state index is 0.0628. The summed E-state index contributed by atoms with van der Waals surface area (Å²) in [6, 6.07) is 0. The van der Waals surface area contributed by atoms with Crippen LogP contribution in [0.1, 0.15) is 60.8 Å². The summed E-state index contributed by atoms with van der Waals surface area (Å²) in [5, 5.41) is 11.7. The molecular weight excluding hydrogens is 440 g/mol. The number of cyclic esters (lactones) is 1. The van der Waals surface area contributed by atoms with Gasteiger partial charge in [0, 0.05) is 23.2 Å². The van der Waals surface area contributed by atoms with E-state index in [9.17, 15) is 29.1 Å². The van der Waals surface area contributed by atoms with E-state index in [0.717, 1.165) is 7.11 Å². The van der Waals surface area contributed by atoms with Gasteiger partial charge in [-0.2, -0.15) is 0 Å². The number of ketones is 3. The molecule has 0 aromatic rings. The topological polar surface area (TPSA) is 124 Å². The second-order valence-electron chi connectivity index (χ2n) is 11.8. The van der Waals surface area contributed by atoms with Crippen LogP contribution in [0.15, 0.2) is 12.2 Å². The molecule has 1 heterocycles. The second-order valence-corrected chi connectivity index (χ2v) is 11.8. The van der Waals surface area contributed by atoms with Crippen molar-refractivity contribution in [3.8, 4) is 0 Å². The normalized spacial score (nSPS) is 47.8. The highest BCUT2D eigenvalue weighted by Crippen LogP contribution is 2.75. The zero-order valence-electron chi connectivity index (χ0n) is 20.9. The second kappa shape index (κ2) is 6.86. The van der Waals surface area contributed by atoms with Gasteiger partial charge in [0.2, 0.25) is 0 Å². The number of methoxy groups -OCH3 is 1. The Bertz CT molecular complexity index is 1060. The molecule has 8 atom stereocenters. The van der Waals surface area contributed by atoms with Crippen molar-refractivity contribution in [2.24, 2.45) is 38.9 Å². The number of carbonyl (C=O) groups excluding carboxylic acids is 5. The zero-order valence-corrected chi connectivity index (χ0v) is 20.9. The predicted octanol–water partition coefficient (Wildman–Crippen LogP) is 2.20. The Morgan fingerprint density at radius 2 is 1.71 bits per heavy atom. The van der Waals surface area contributed by atoms with Crippen LogP contribution in [0.4, 0.5) is 0 Å². The molecule has 0 amide bonds. The zero-order chi connectivity index (χ0) is 25.8. The van der Waals surface area contributed by atoms with Crippen LogP contribution in [0.5, 0.6) is 0 Å². The lowest BCUT2D eigenvalue weighted by molar-refractivity contribution is -0.255. The summed E-state index contributed by atoms with van der Waals surface area (Å²) in [5.41, 5.74) is -7.30. The summed E-state index contributed by atoms with van der Waals surface area (Å²) in [5.74, 6) is -4.58. The molecule has 0 spiro atoms. The van der Waals surface area contributed by atoms with Crippen LogP contribution in [0.25, 0.3) is 0 Å². The van der Waals surface area contributed by atoms with Crippen LogP contribution in [-0.4, -0.2) is 53.7 Å². The van der Waals surface area contributed by atoms with E-state index in [0.29, 0.717) is 12.0 Å². The van der Waals surface area contributed by atoms with E-state index in [2.05, 4.69) is 6.58 Å². The predicted molar refractivity (Wildman–Crippen MR) is 119 cm³/mol. The highest BCUT2D eigenvalue weighted by molar-refractivity contribution is 6.16. The smallest absolute Gasteiger partial charge is 0.321 e. The van der Waals surface area contributed by atoms with Gasteiger partial charge in [0.25, 0.3) is 0 Å². The molecule has 3 saturated carbocycles. The SMILES string of the molecule is C=C1C[C@H]2[C@]3(C)CCC(=O)C(C)(C)[C@H]3C(=O)[C@@H](O)[C@]2(C)[C@]2(C(=O)OC)C(=O)[C@H](C)OC(=O)[C@]12C. The average Bonchev–Trinajstić information content (AvgIpc) is 2.76. The van der Waals surface area contributed by atoms with Crippen molar-refractivity contribution in [2.75, 3.05) is 7.11 Å². The van der Waals surface area contributed by atoms with Crippen LogP contribution >= 0.6 is 0 Å². The van der Waals surface area contributed by atoms with Crippen molar-refractivity contribution in [1.29, 1.82) is 0 Å². The minimum atomic E-state index is -2.22. The third-order valence-electron chi connectivity index (χ3n) is 10.3. The Kier molecular flexibility index (Phi) is 5.00. The van der Waals surface area contributed by atoms with E-state index < -0.39 is 74.6 Å². The van der Waals surface area contributed by atoms with Crippen molar-refractivity contribution < 1.29 is 38.6 Å². The summed E-state index contributed by atoms with van der Waals surface area (Å²) in [6.45, 7) is 13.8. The summed E-state index contributed by atoms with van der Waals surface area (Å²) >= 11 is 0. The van der Waals surface area contributed by atoms with Crippen molar-refractivity contribution >= 4 is 29.3 Å². The lowest BCUT2D eigenvalue weighted by Crippen LogP contribution is -2.80. The van der Waals surface area contributed by atoms with Crippen LogP contribution < -0.4 is 0 Å². The minimum Gasteiger partial charge on any atom is -0.468 e. The van der Waals surface area contributed by atoms with E-state index in [1.54, 1.807) is 20.8 Å². The fourth-order valence-electron chi connectivity index (χ4n) is 8.51. The molecule has 0 aromatic heterocycles. The molecule has 0 radical (unpaired) electrons. The Morgan fingerprint density at radius 3 is 2.26 bits per heavy atom. The van der Waals surface area contributed by atoms with Gasteiger partial charge in [-0.1, -0.05) is 39.8 Å². The molecule has 4 aliphatic rings. The van der Waals surface area contributed by atoms with Gasteiger partial charge in [0.15, 0.2) is 23.1 Å². The fourth-order valence-corrected chi connectivity index (χ4v) is 8.51. The summed E-state index contributed by atoms with van der Waals surface area (Å²) in [7, 11) is 1.12. The highest BCUT2D eigenvalue weighted by atomic mass is 16.6. The van der Waals surface area contributed by atoms with Gasteiger partial charge in [-0.05, 0) is 38.0 Å². The Hall–Kier alpha value is -2.35. The first kappa shape index (κ1) is 24.8. The van der Waals surface area contributed by atoms with Crippen LogP contribution in [0.3, 0.4) is 0 Å². The van der Waals surface area contributed by atoms with Gasteiger partial charge in [-0.15, -0.1) is 0 Å². The van der Waals surface area contributed by atoms with E-state index in [1.807, 2.05) is 6.92 Å². The standard InChI is InChI=1S/C26H34O8/c1-12-11-14-23(5)10-9-15(27)22(3,4)17(23)16(28)19(30)25(14,7)26(21(32)33-8)18(29)13(2)34-20(31)24(12,26)6/h13-14,17,19,30H,1,9-11H2,2-8H3/t13-,14-,17+,19+,23-,24-,25+,26-/m0/s1. The third kappa shape index (κ3) is 2.27. The van der Waals surface area contributed by atoms with Crippen LogP contribution in [0, 0.1) is 38.9 Å². The number of rotatable bonds is 1. The van der Waals surface area contributed by atoms with E-state index in [4.69, 9.17) is 9.47 Å². The number of esters is 2. The fraction of sp³-hybridized carbons (Fsp3) is 0.731. The lowest BCUT2D eigenvalue weighted by atomic mass is 9.30. The maximum atomic E-state index is 14.0. The molecular formula is C26H34O8. The maximum absolute atomic E-state index is 14.0. The molecule has 34 heavy (non-hydrogen) atoms. The van der Waals surface area contributed by atoms with Gasteiger partial charge in [-0.3, -0.25) is 24.0 Å². The van der Waals surface area contributed by atoms with Crippen LogP contribution in [-0.2, 0) is 33.4 Å². The molecule has 4 rings (SSSR count). The average molecular weight is 475 g/mol. The first-order valence-corrected chi connectivity index (χ1v) is 11.8. The van der Waals surface area contributed by atoms with E-state index >= 15 is 0 Å². The monoisotopic (exact) mass is 474 g/mol. The van der Waals surface area contributed by atoms with Crippen molar-refractivity contribution in [2.45, 2.75) is 73.0 Å². The van der Waals surface area contributed by atoms with Crippen molar-refractivity contribution in [3.05, 3.63) is 12.2 Å². The van der Waals surface area contributed by atoms with Gasteiger partial charge in [-0.25, -0.2) is 0 Å². The van der Waals surface area contributed by atoms with Gasteiger partial charge < -0.3 is 14.6 Å². The Morgan fingerprint density at radius 1 is 1.12 bits per heavy atom. The van der Waals surface area contributed by atoms with Gasteiger partial charge in [0.1, 0.15) is 17.3 Å². The molecule has 8 heteroatoms. The van der Waals surface area contributed by atoms with Gasteiger partial charge in [0.05, 0.1) is 7.11 Å². The number of hydrogen-bond donors (Lipinski definition) is 1. The Balaban J connectivity index is 2.11. The molecule has 1 aliphatic heterocycles. The maximum Gasteiger partial charge on any atom is 0.321 e. The molecule has 3 aliphatic carbocycles. The summed E-state index contributed by atoms with van der Waals surface area (Å²) < 4.78 is 10.5. The number of ether oxygens (including phenoxy) is 2. The van der Waals surface area contributed by atoms with Crippen molar-refractivity contribution in [3.63, 3.8) is 0 Å². The van der Waals surface area contributed by atoms with Crippen molar-refractivity contribution in [1.82, 2.24) is 0 Å². The van der Waals surface area contributed by atoms with Crippen LogP contribution in [0.2, 0.25) is 0 Å². The molecule has 1 saturated heterocycles. The number of carbonyl (C=O) groups is 5. The summed E-state index contributed by atoms with van der Waals surface area (Å²) in [4.78, 5) is 68.0. The Labute approximate surface area is 199 Å². The first-order valence-electron chi connectivity index (χ1n) is 11.8. The summed E-state index contributed by atoms with van der Waals surface area (Å²) in [6.07, 6.45) is -2.29.